The number of carbonyl (C=O) groups is 3. The zero-order chi connectivity index (χ0) is 22.6. The topological polar surface area (TPSA) is 96.5 Å². The highest BCUT2D eigenvalue weighted by atomic mass is 32.1. The molecule has 1 saturated heterocycles. The first kappa shape index (κ1) is 24.8. The molecule has 0 aliphatic carbocycles. The molecule has 2 atom stereocenters. The highest BCUT2D eigenvalue weighted by Gasteiger charge is 2.28. The summed E-state index contributed by atoms with van der Waals surface area (Å²) in [5, 5.41) is 9.00. The van der Waals surface area contributed by atoms with Crippen molar-refractivity contribution >= 4 is 40.7 Å². The second-order valence-corrected chi connectivity index (χ2v) is 8.50. The summed E-state index contributed by atoms with van der Waals surface area (Å²) in [6.07, 6.45) is 4.62. The fourth-order valence-electron chi connectivity index (χ4n) is 3.26. The van der Waals surface area contributed by atoms with Crippen molar-refractivity contribution in [3.05, 3.63) is 30.3 Å². The highest BCUT2D eigenvalue weighted by Crippen LogP contribution is 2.12. The Kier molecular flexibility index (Phi) is 10.4. The van der Waals surface area contributed by atoms with E-state index >= 15 is 0 Å². The van der Waals surface area contributed by atoms with Crippen LogP contribution in [0.3, 0.4) is 0 Å². The molecule has 170 valence electrons. The van der Waals surface area contributed by atoms with Crippen molar-refractivity contribution in [2.75, 3.05) is 11.9 Å². The van der Waals surface area contributed by atoms with Gasteiger partial charge in [-0.15, -0.1) is 0 Å². The maximum Gasteiger partial charge on any atom is 0.246 e. The molecule has 0 spiro atoms. The van der Waals surface area contributed by atoms with Crippen molar-refractivity contribution in [2.24, 2.45) is 5.92 Å². The number of para-hydroxylation sites is 1. The van der Waals surface area contributed by atoms with E-state index in [9.17, 15) is 14.4 Å². The standard InChI is InChI=1S/C23H33N3O4S/c1-16(2)23(31)30-15-8-4-7-12-19(21(28)24-17-10-5-3-6-11-17)26-22(29)18-13-9-14-20(27)25-18/h3,5-6,10-11,16,18-19H,4,7-9,12-15H2,1-2H3,(H,24,28)(H,25,27)(H,26,29)/t18-,19-/m0/s1. The van der Waals surface area contributed by atoms with Gasteiger partial charge in [-0.1, -0.05) is 38.5 Å². The molecule has 0 radical (unpaired) electrons. The van der Waals surface area contributed by atoms with Crippen molar-refractivity contribution in [1.82, 2.24) is 10.6 Å². The molecule has 3 N–H and O–H groups in total. The molecule has 3 amide bonds. The third kappa shape index (κ3) is 9.04. The average Bonchev–Trinajstić information content (AvgIpc) is 2.75. The molecule has 1 aromatic carbocycles. The Morgan fingerprint density at radius 2 is 1.94 bits per heavy atom. The zero-order valence-corrected chi connectivity index (χ0v) is 19.1. The lowest BCUT2D eigenvalue weighted by Crippen LogP contribution is -2.53. The molecule has 8 heteroatoms. The quantitative estimate of drug-likeness (QED) is 0.357. The van der Waals surface area contributed by atoms with Crippen LogP contribution < -0.4 is 16.0 Å². The predicted molar refractivity (Wildman–Crippen MR) is 125 cm³/mol. The Hall–Kier alpha value is -2.48. The van der Waals surface area contributed by atoms with Crippen LogP contribution in [0.1, 0.15) is 58.8 Å². The van der Waals surface area contributed by atoms with Crippen LogP contribution in [0.4, 0.5) is 5.69 Å². The Bertz CT molecular complexity index is 754. The maximum absolute atomic E-state index is 12.8. The molecule has 0 aromatic heterocycles. The number of thiocarbonyl (C=S) groups is 1. The van der Waals surface area contributed by atoms with Crippen molar-refractivity contribution in [3.8, 4) is 0 Å². The van der Waals surface area contributed by atoms with Crippen LogP contribution in [0.5, 0.6) is 0 Å². The summed E-state index contributed by atoms with van der Waals surface area (Å²) in [7, 11) is 0. The summed E-state index contributed by atoms with van der Waals surface area (Å²) in [4.78, 5) is 37.1. The van der Waals surface area contributed by atoms with E-state index in [4.69, 9.17) is 17.0 Å². The van der Waals surface area contributed by atoms with Gasteiger partial charge in [-0.05, 0) is 56.5 Å². The molecule has 31 heavy (non-hydrogen) atoms. The van der Waals surface area contributed by atoms with Gasteiger partial charge in [-0.25, -0.2) is 0 Å². The average molecular weight is 448 g/mol. The van der Waals surface area contributed by atoms with Crippen molar-refractivity contribution in [1.29, 1.82) is 0 Å². The smallest absolute Gasteiger partial charge is 0.246 e. The largest absolute Gasteiger partial charge is 0.487 e. The van der Waals surface area contributed by atoms with Gasteiger partial charge in [-0.3, -0.25) is 14.4 Å². The number of hydrogen-bond donors (Lipinski definition) is 3. The molecule has 1 fully saturated rings. The lowest BCUT2D eigenvalue weighted by atomic mass is 10.0. The lowest BCUT2D eigenvalue weighted by molar-refractivity contribution is -0.132. The fraction of sp³-hybridized carbons (Fsp3) is 0.565. The highest BCUT2D eigenvalue weighted by molar-refractivity contribution is 7.80. The van der Waals surface area contributed by atoms with Crippen LogP contribution in [0.25, 0.3) is 0 Å². The second-order valence-electron chi connectivity index (χ2n) is 8.10. The van der Waals surface area contributed by atoms with E-state index in [2.05, 4.69) is 16.0 Å². The van der Waals surface area contributed by atoms with Gasteiger partial charge in [0.15, 0.2) is 5.05 Å². The van der Waals surface area contributed by atoms with E-state index in [0.29, 0.717) is 43.0 Å². The van der Waals surface area contributed by atoms with Crippen LogP contribution >= 0.6 is 12.2 Å². The van der Waals surface area contributed by atoms with Crippen LogP contribution in [0, 0.1) is 5.92 Å². The lowest BCUT2D eigenvalue weighted by Gasteiger charge is -2.25. The van der Waals surface area contributed by atoms with E-state index in [1.807, 2.05) is 32.0 Å². The molecule has 1 aliphatic rings. The van der Waals surface area contributed by atoms with Crippen molar-refractivity contribution < 1.29 is 19.1 Å². The molecular formula is C23H33N3O4S. The molecule has 2 rings (SSSR count). The summed E-state index contributed by atoms with van der Waals surface area (Å²) in [5.74, 6) is -0.488. The number of carbonyl (C=O) groups excluding carboxylic acids is 3. The molecule has 1 aromatic rings. The summed E-state index contributed by atoms with van der Waals surface area (Å²) in [6, 6.07) is 7.88. The number of benzene rings is 1. The minimum Gasteiger partial charge on any atom is -0.487 e. The van der Waals surface area contributed by atoms with Crippen LogP contribution in [0.15, 0.2) is 30.3 Å². The summed E-state index contributed by atoms with van der Waals surface area (Å²) >= 11 is 5.16. The Labute approximate surface area is 189 Å². The van der Waals surface area contributed by atoms with Crippen LogP contribution in [-0.4, -0.2) is 41.5 Å². The molecule has 1 aliphatic heterocycles. The summed E-state index contributed by atoms with van der Waals surface area (Å²) in [6.45, 7) is 4.55. The van der Waals surface area contributed by atoms with E-state index in [-0.39, 0.29) is 23.6 Å². The van der Waals surface area contributed by atoms with Gasteiger partial charge in [0.05, 0.1) is 6.61 Å². The molecule has 0 bridgehead atoms. The van der Waals surface area contributed by atoms with Gasteiger partial charge in [-0.2, -0.15) is 0 Å². The minimum atomic E-state index is -0.677. The summed E-state index contributed by atoms with van der Waals surface area (Å²) in [5.41, 5.74) is 0.674. The number of nitrogens with one attached hydrogen (secondary N) is 3. The van der Waals surface area contributed by atoms with E-state index in [1.165, 1.54) is 0 Å². The third-order valence-electron chi connectivity index (χ3n) is 5.08. The number of anilines is 1. The molecule has 0 saturated carbocycles. The van der Waals surface area contributed by atoms with E-state index in [1.54, 1.807) is 12.1 Å². The van der Waals surface area contributed by atoms with Crippen LogP contribution in [-0.2, 0) is 19.1 Å². The second kappa shape index (κ2) is 13.0. The van der Waals surface area contributed by atoms with Crippen molar-refractivity contribution in [2.45, 2.75) is 70.9 Å². The third-order valence-corrected chi connectivity index (χ3v) is 5.66. The number of unbranched alkanes of at least 4 members (excludes halogenated alkanes) is 2. The number of piperidine rings is 1. The number of amides is 3. The fourth-order valence-corrected chi connectivity index (χ4v) is 3.34. The first-order valence-corrected chi connectivity index (χ1v) is 11.4. The summed E-state index contributed by atoms with van der Waals surface area (Å²) < 4.78 is 5.53. The van der Waals surface area contributed by atoms with Gasteiger partial charge in [0.1, 0.15) is 12.1 Å². The molecular weight excluding hydrogens is 414 g/mol. The normalized spacial score (nSPS) is 16.9. The molecule has 0 unspecified atom stereocenters. The van der Waals surface area contributed by atoms with Gasteiger partial charge in [0.25, 0.3) is 0 Å². The first-order valence-electron chi connectivity index (χ1n) is 11.0. The van der Waals surface area contributed by atoms with E-state index in [0.717, 1.165) is 19.3 Å². The first-order chi connectivity index (χ1) is 14.9. The van der Waals surface area contributed by atoms with Gasteiger partial charge in [0.2, 0.25) is 17.7 Å². The SMILES string of the molecule is CC(C)C(=S)OCCCCC[C@H](NC(=O)[C@@H]1CCCC(=O)N1)C(=O)Nc1ccccc1. The Morgan fingerprint density at radius 1 is 1.19 bits per heavy atom. The van der Waals surface area contributed by atoms with Gasteiger partial charge in [0, 0.05) is 18.0 Å². The predicted octanol–water partition coefficient (Wildman–Crippen LogP) is 3.34. The van der Waals surface area contributed by atoms with Crippen LogP contribution in [0.2, 0.25) is 0 Å². The van der Waals surface area contributed by atoms with Crippen molar-refractivity contribution in [3.63, 3.8) is 0 Å². The van der Waals surface area contributed by atoms with Gasteiger partial charge < -0.3 is 20.7 Å². The zero-order valence-electron chi connectivity index (χ0n) is 18.3. The van der Waals surface area contributed by atoms with E-state index < -0.39 is 12.1 Å². The monoisotopic (exact) mass is 447 g/mol. The Morgan fingerprint density at radius 3 is 2.61 bits per heavy atom. The molecule has 7 nitrogen and oxygen atoms in total. The van der Waals surface area contributed by atoms with Gasteiger partial charge >= 0.3 is 0 Å². The number of rotatable bonds is 11. The maximum atomic E-state index is 12.8. The number of hydrogen-bond acceptors (Lipinski definition) is 5. The molecule has 1 heterocycles. The minimum absolute atomic E-state index is 0.129. The number of ether oxygens (including phenoxy) is 1. The Balaban J connectivity index is 1.87.